The van der Waals surface area contributed by atoms with Crippen molar-refractivity contribution >= 4 is 5.82 Å². The van der Waals surface area contributed by atoms with Gasteiger partial charge in [-0.3, -0.25) is 5.10 Å². The minimum atomic E-state index is 0.606. The molecule has 0 radical (unpaired) electrons. The summed E-state index contributed by atoms with van der Waals surface area (Å²) in [4.78, 5) is 2.86. The highest BCUT2D eigenvalue weighted by Crippen LogP contribution is 1.86. The normalized spacial score (nSPS) is 8.36. The maximum absolute atomic E-state index is 5.16. The highest BCUT2D eigenvalue weighted by atomic mass is 15.1. The zero-order chi connectivity index (χ0) is 7.94. The Morgan fingerprint density at radius 1 is 1.27 bits per heavy atom. The molecule has 0 spiro atoms. The molecule has 58 valence electrons. The average molecular weight is 150 g/mol. The predicted molar refractivity (Wildman–Crippen MR) is 43.8 cm³/mol. The minimum Gasteiger partial charge on any atom is -0.384 e. The molecule has 4 N–H and O–H groups in total. The average Bonchev–Trinajstić information content (AvgIpc) is 2.57. The van der Waals surface area contributed by atoms with Crippen molar-refractivity contribution in [2.75, 3.05) is 5.73 Å². The second-order valence-corrected chi connectivity index (χ2v) is 1.90. The quantitative estimate of drug-likeness (QED) is 0.524. The zero-order valence-electron chi connectivity index (χ0n) is 5.99. The lowest BCUT2D eigenvalue weighted by Gasteiger charge is -1.70. The Bertz CT molecular complexity index is 229. The molecule has 0 aliphatic rings. The van der Waals surface area contributed by atoms with Gasteiger partial charge in [0.2, 0.25) is 0 Å². The number of hydrogen-bond donors (Lipinski definition) is 3. The molecule has 0 saturated carbocycles. The van der Waals surface area contributed by atoms with E-state index in [9.17, 15) is 0 Å². The number of hydrogen-bond acceptors (Lipinski definition) is 2. The van der Waals surface area contributed by atoms with E-state index in [2.05, 4.69) is 15.2 Å². The van der Waals surface area contributed by atoms with Gasteiger partial charge in [-0.05, 0) is 18.2 Å². The molecular formula is C7H10N4. The third kappa shape index (κ3) is 3.10. The smallest absolute Gasteiger partial charge is 0.118 e. The Hall–Kier alpha value is -1.71. The van der Waals surface area contributed by atoms with Crippen LogP contribution in [-0.4, -0.2) is 15.2 Å². The second kappa shape index (κ2) is 4.16. The third-order valence-corrected chi connectivity index (χ3v) is 1.02. The number of nitrogens with two attached hydrogens (primary N) is 1. The maximum atomic E-state index is 5.16. The summed E-state index contributed by atoms with van der Waals surface area (Å²) in [6, 6.07) is 5.58. The number of anilines is 1. The van der Waals surface area contributed by atoms with Crippen molar-refractivity contribution in [2.24, 2.45) is 0 Å². The van der Waals surface area contributed by atoms with Crippen molar-refractivity contribution in [1.82, 2.24) is 15.2 Å². The van der Waals surface area contributed by atoms with E-state index in [0.29, 0.717) is 5.82 Å². The van der Waals surface area contributed by atoms with Crippen LogP contribution in [0.2, 0.25) is 0 Å². The molecule has 0 amide bonds. The molecule has 2 rings (SSSR count). The molecule has 0 bridgehead atoms. The minimum absolute atomic E-state index is 0.606. The van der Waals surface area contributed by atoms with E-state index in [1.54, 1.807) is 12.3 Å². The standard InChI is InChI=1S/C4H5N.C3H5N3/c1-2-4-5-3-1;4-3-1-2-5-6-3/h1-5H;1-2H,(H3,4,5,6). The van der Waals surface area contributed by atoms with Crippen LogP contribution in [0, 0.1) is 0 Å². The first-order chi connectivity index (χ1) is 5.39. The predicted octanol–water partition coefficient (Wildman–Crippen LogP) is 1.01. The summed E-state index contributed by atoms with van der Waals surface area (Å²) < 4.78 is 0. The van der Waals surface area contributed by atoms with Crippen LogP contribution in [0.15, 0.2) is 36.8 Å². The summed E-state index contributed by atoms with van der Waals surface area (Å²) >= 11 is 0. The fraction of sp³-hybridized carbons (Fsp3) is 0. The molecule has 0 atom stereocenters. The molecule has 0 aliphatic carbocycles. The van der Waals surface area contributed by atoms with Crippen LogP contribution in [0.25, 0.3) is 0 Å². The van der Waals surface area contributed by atoms with Crippen molar-refractivity contribution < 1.29 is 0 Å². The van der Waals surface area contributed by atoms with E-state index in [1.165, 1.54) is 0 Å². The largest absolute Gasteiger partial charge is 0.384 e. The molecule has 0 aromatic carbocycles. The molecule has 0 saturated heterocycles. The number of rotatable bonds is 0. The van der Waals surface area contributed by atoms with Crippen LogP contribution >= 0.6 is 0 Å². The molecule has 4 heteroatoms. The fourth-order valence-corrected chi connectivity index (χ4v) is 0.544. The van der Waals surface area contributed by atoms with Crippen LogP contribution in [0.1, 0.15) is 0 Å². The summed E-state index contributed by atoms with van der Waals surface area (Å²) in [5.41, 5.74) is 5.16. The SMILES string of the molecule is Nc1ccn[nH]1.c1cc[nH]c1. The highest BCUT2D eigenvalue weighted by molar-refractivity contribution is 5.22. The van der Waals surface area contributed by atoms with Crippen molar-refractivity contribution in [1.29, 1.82) is 0 Å². The van der Waals surface area contributed by atoms with E-state index in [4.69, 9.17) is 5.73 Å². The fourth-order valence-electron chi connectivity index (χ4n) is 0.544. The van der Waals surface area contributed by atoms with E-state index >= 15 is 0 Å². The lowest BCUT2D eigenvalue weighted by atomic mass is 10.7. The van der Waals surface area contributed by atoms with Gasteiger partial charge < -0.3 is 10.7 Å². The molecule has 2 aromatic heterocycles. The van der Waals surface area contributed by atoms with E-state index in [0.717, 1.165) is 0 Å². The number of aromatic nitrogens is 3. The first kappa shape index (κ1) is 7.40. The Labute approximate surface area is 64.4 Å². The maximum Gasteiger partial charge on any atom is 0.118 e. The van der Waals surface area contributed by atoms with Gasteiger partial charge in [-0.1, -0.05) is 0 Å². The van der Waals surface area contributed by atoms with Gasteiger partial charge in [0, 0.05) is 12.4 Å². The van der Waals surface area contributed by atoms with Gasteiger partial charge in [0.15, 0.2) is 0 Å². The Kier molecular flexibility index (Phi) is 2.80. The van der Waals surface area contributed by atoms with Crippen molar-refractivity contribution in [3.05, 3.63) is 36.8 Å². The highest BCUT2D eigenvalue weighted by Gasteiger charge is 1.74. The van der Waals surface area contributed by atoms with Crippen LogP contribution in [0.3, 0.4) is 0 Å². The summed E-state index contributed by atoms with van der Waals surface area (Å²) in [6.45, 7) is 0. The Morgan fingerprint density at radius 2 is 2.00 bits per heavy atom. The Balaban J connectivity index is 0.000000112. The lowest BCUT2D eigenvalue weighted by Crippen LogP contribution is -1.81. The first-order valence-corrected chi connectivity index (χ1v) is 3.22. The van der Waals surface area contributed by atoms with Gasteiger partial charge in [-0.2, -0.15) is 5.10 Å². The first-order valence-electron chi connectivity index (χ1n) is 3.22. The topological polar surface area (TPSA) is 70.5 Å². The van der Waals surface area contributed by atoms with Crippen LogP contribution < -0.4 is 5.73 Å². The molecule has 2 heterocycles. The monoisotopic (exact) mass is 150 g/mol. The van der Waals surface area contributed by atoms with Gasteiger partial charge in [0.25, 0.3) is 0 Å². The van der Waals surface area contributed by atoms with Crippen LogP contribution in [0.4, 0.5) is 5.82 Å². The summed E-state index contributed by atoms with van der Waals surface area (Å²) in [6.07, 6.45) is 5.36. The van der Waals surface area contributed by atoms with Gasteiger partial charge in [-0.15, -0.1) is 0 Å². The third-order valence-electron chi connectivity index (χ3n) is 1.02. The molecule has 4 nitrogen and oxygen atoms in total. The van der Waals surface area contributed by atoms with Crippen molar-refractivity contribution in [2.45, 2.75) is 0 Å². The number of nitrogens with zero attached hydrogens (tertiary/aromatic N) is 1. The number of nitrogens with one attached hydrogen (secondary N) is 2. The molecule has 0 aliphatic heterocycles. The van der Waals surface area contributed by atoms with Crippen molar-refractivity contribution in [3.8, 4) is 0 Å². The molecular weight excluding hydrogens is 140 g/mol. The van der Waals surface area contributed by atoms with Gasteiger partial charge in [-0.25, -0.2) is 0 Å². The summed E-state index contributed by atoms with van der Waals surface area (Å²) in [5, 5.41) is 6.10. The van der Waals surface area contributed by atoms with E-state index in [1.807, 2.05) is 24.5 Å². The second-order valence-electron chi connectivity index (χ2n) is 1.90. The Morgan fingerprint density at radius 3 is 2.18 bits per heavy atom. The van der Waals surface area contributed by atoms with Gasteiger partial charge in [0.05, 0.1) is 6.20 Å². The van der Waals surface area contributed by atoms with Crippen LogP contribution in [0.5, 0.6) is 0 Å². The van der Waals surface area contributed by atoms with Crippen molar-refractivity contribution in [3.63, 3.8) is 0 Å². The number of nitrogen functional groups attached to an aromatic ring is 1. The molecule has 11 heavy (non-hydrogen) atoms. The molecule has 2 aromatic rings. The lowest BCUT2D eigenvalue weighted by molar-refractivity contribution is 1.10. The van der Waals surface area contributed by atoms with Gasteiger partial charge >= 0.3 is 0 Å². The number of H-pyrrole nitrogens is 2. The molecule has 0 fully saturated rings. The number of aromatic amines is 2. The molecule has 0 unspecified atom stereocenters. The van der Waals surface area contributed by atoms with E-state index < -0.39 is 0 Å². The van der Waals surface area contributed by atoms with E-state index in [-0.39, 0.29) is 0 Å². The summed E-state index contributed by atoms with van der Waals surface area (Å²) in [7, 11) is 0. The van der Waals surface area contributed by atoms with Gasteiger partial charge in [0.1, 0.15) is 5.82 Å². The zero-order valence-corrected chi connectivity index (χ0v) is 5.99. The summed E-state index contributed by atoms with van der Waals surface area (Å²) in [5.74, 6) is 0.606. The van der Waals surface area contributed by atoms with Crippen LogP contribution in [-0.2, 0) is 0 Å².